The van der Waals surface area contributed by atoms with E-state index in [-0.39, 0.29) is 17.2 Å². The number of benzene rings is 2. The number of Topliss-reactive ketones (excluding diaryl/α,β-unsaturated/α-hetero) is 1. The molecule has 0 fully saturated rings. The minimum Gasteiger partial charge on any atom is -0.357 e. The third-order valence-electron chi connectivity index (χ3n) is 6.04. The lowest BCUT2D eigenvalue weighted by molar-refractivity contribution is -0.118. The molecule has 0 aromatic heterocycles. The largest absolute Gasteiger partial charge is 0.357 e. The molecule has 2 aromatic rings. The van der Waals surface area contributed by atoms with Crippen LogP contribution in [0.1, 0.15) is 57.2 Å². The Morgan fingerprint density at radius 2 is 1.84 bits per heavy atom. The summed E-state index contributed by atoms with van der Waals surface area (Å²) in [6.07, 6.45) is 2.07. The molecule has 5 heteroatoms. The van der Waals surface area contributed by atoms with Crippen molar-refractivity contribution in [1.82, 2.24) is 5.32 Å². The zero-order valence-electron chi connectivity index (χ0n) is 18.8. The number of para-hydroxylation sites is 2. The molecule has 162 valence electrons. The average molecular weight is 418 g/mol. The van der Waals surface area contributed by atoms with Crippen LogP contribution in [0.2, 0.25) is 0 Å². The van der Waals surface area contributed by atoms with Gasteiger partial charge in [0.05, 0.1) is 17.4 Å². The first-order valence-corrected chi connectivity index (χ1v) is 11.1. The van der Waals surface area contributed by atoms with Crippen molar-refractivity contribution in [2.75, 3.05) is 16.8 Å². The van der Waals surface area contributed by atoms with E-state index in [2.05, 4.69) is 24.5 Å². The average Bonchev–Trinajstić information content (AvgIpc) is 2.86. The summed E-state index contributed by atoms with van der Waals surface area (Å²) >= 11 is 0. The lowest BCUT2D eigenvalue weighted by Gasteiger charge is -2.37. The number of allylic oxidation sites excluding steroid dienone is 1. The van der Waals surface area contributed by atoms with E-state index in [0.717, 1.165) is 41.0 Å². The van der Waals surface area contributed by atoms with Gasteiger partial charge in [-0.3, -0.25) is 9.69 Å². The number of carbonyl (C=O) groups excluding carboxylic acids is 2. The first-order chi connectivity index (χ1) is 14.8. The van der Waals surface area contributed by atoms with Crippen molar-refractivity contribution in [2.24, 2.45) is 5.41 Å². The highest BCUT2D eigenvalue weighted by Gasteiger charge is 2.43. The van der Waals surface area contributed by atoms with Gasteiger partial charge in [0, 0.05) is 24.2 Å². The molecule has 4 rings (SSSR count). The number of fused-ring (bicyclic) bond motifs is 1. The Labute approximate surface area is 184 Å². The summed E-state index contributed by atoms with van der Waals surface area (Å²) in [5.41, 5.74) is 5.20. The number of amides is 2. The molecule has 1 heterocycles. The van der Waals surface area contributed by atoms with Gasteiger partial charge in [0.25, 0.3) is 0 Å². The third-order valence-corrected chi connectivity index (χ3v) is 6.04. The molecular weight excluding hydrogens is 386 g/mol. The SMILES string of the molecule is CCCNC(=O)N1c2ccccc2NC2=C(C(=O)CC(C)(C)C2)C1c1ccc(C)cc1. The summed E-state index contributed by atoms with van der Waals surface area (Å²) in [6, 6.07) is 15.3. The Morgan fingerprint density at radius 3 is 2.55 bits per heavy atom. The molecule has 2 amide bonds. The van der Waals surface area contributed by atoms with Crippen molar-refractivity contribution in [2.45, 2.75) is 53.0 Å². The van der Waals surface area contributed by atoms with E-state index in [9.17, 15) is 9.59 Å². The van der Waals surface area contributed by atoms with Crippen molar-refractivity contribution >= 4 is 23.2 Å². The Hall–Kier alpha value is -3.08. The van der Waals surface area contributed by atoms with E-state index in [1.165, 1.54) is 0 Å². The number of rotatable bonds is 3. The smallest absolute Gasteiger partial charge is 0.322 e. The first kappa shape index (κ1) is 21.2. The van der Waals surface area contributed by atoms with E-state index in [1.54, 1.807) is 4.90 Å². The monoisotopic (exact) mass is 417 g/mol. The number of carbonyl (C=O) groups is 2. The molecule has 0 radical (unpaired) electrons. The van der Waals surface area contributed by atoms with Gasteiger partial charge in [0.2, 0.25) is 0 Å². The topological polar surface area (TPSA) is 61.4 Å². The van der Waals surface area contributed by atoms with Crippen LogP contribution in [0, 0.1) is 12.3 Å². The summed E-state index contributed by atoms with van der Waals surface area (Å²) in [5.74, 6) is 0.102. The first-order valence-electron chi connectivity index (χ1n) is 11.1. The number of nitrogens with one attached hydrogen (secondary N) is 2. The van der Waals surface area contributed by atoms with Crippen molar-refractivity contribution < 1.29 is 9.59 Å². The number of anilines is 2. The molecule has 2 aliphatic rings. The van der Waals surface area contributed by atoms with E-state index >= 15 is 0 Å². The Balaban J connectivity index is 1.96. The van der Waals surface area contributed by atoms with Crippen LogP contribution in [0.5, 0.6) is 0 Å². The van der Waals surface area contributed by atoms with Crippen molar-refractivity contribution in [1.29, 1.82) is 0 Å². The fourth-order valence-electron chi connectivity index (χ4n) is 4.59. The minimum atomic E-state index is -0.479. The predicted octanol–water partition coefficient (Wildman–Crippen LogP) is 5.73. The van der Waals surface area contributed by atoms with Gasteiger partial charge >= 0.3 is 6.03 Å². The molecule has 1 unspecified atom stereocenters. The molecule has 5 nitrogen and oxygen atoms in total. The highest BCUT2D eigenvalue weighted by atomic mass is 16.2. The highest BCUT2D eigenvalue weighted by molar-refractivity contribution is 6.06. The number of nitrogens with zero attached hydrogens (tertiary/aromatic N) is 1. The van der Waals surface area contributed by atoms with Crippen molar-refractivity contribution in [3.8, 4) is 0 Å². The van der Waals surface area contributed by atoms with E-state index in [1.807, 2.05) is 62.4 Å². The number of urea groups is 1. The molecule has 31 heavy (non-hydrogen) atoms. The van der Waals surface area contributed by atoms with Gasteiger partial charge in [-0.1, -0.05) is 62.7 Å². The Bertz CT molecular complexity index is 1040. The maximum Gasteiger partial charge on any atom is 0.322 e. The molecular formula is C26H31N3O2. The fourth-order valence-corrected chi connectivity index (χ4v) is 4.59. The van der Waals surface area contributed by atoms with Crippen LogP contribution < -0.4 is 15.5 Å². The van der Waals surface area contributed by atoms with Gasteiger partial charge in [-0.15, -0.1) is 0 Å². The molecule has 0 spiro atoms. The van der Waals surface area contributed by atoms with E-state index in [4.69, 9.17) is 0 Å². The van der Waals surface area contributed by atoms with Crippen LogP contribution in [0.4, 0.5) is 16.2 Å². The van der Waals surface area contributed by atoms with Gasteiger partial charge < -0.3 is 10.6 Å². The summed E-state index contributed by atoms with van der Waals surface area (Å²) < 4.78 is 0. The third kappa shape index (κ3) is 4.09. The lowest BCUT2D eigenvalue weighted by Crippen LogP contribution is -2.45. The van der Waals surface area contributed by atoms with Crippen LogP contribution in [-0.2, 0) is 4.79 Å². The maximum atomic E-state index is 13.5. The van der Waals surface area contributed by atoms with Crippen LogP contribution in [0.3, 0.4) is 0 Å². The van der Waals surface area contributed by atoms with Gasteiger partial charge in [-0.25, -0.2) is 4.79 Å². The molecule has 2 aromatic carbocycles. The summed E-state index contributed by atoms with van der Waals surface area (Å²) in [6.45, 7) is 8.90. The van der Waals surface area contributed by atoms with Gasteiger partial charge in [-0.05, 0) is 42.9 Å². The van der Waals surface area contributed by atoms with Gasteiger partial charge in [0.15, 0.2) is 5.78 Å². The Kier molecular flexibility index (Phi) is 5.61. The fraction of sp³-hybridized carbons (Fsp3) is 0.385. The highest BCUT2D eigenvalue weighted by Crippen LogP contribution is 2.48. The summed E-state index contributed by atoms with van der Waals surface area (Å²) in [7, 11) is 0. The molecule has 0 saturated carbocycles. The Morgan fingerprint density at radius 1 is 1.13 bits per heavy atom. The normalized spacial score (nSPS) is 19.8. The predicted molar refractivity (Wildman–Crippen MR) is 125 cm³/mol. The summed E-state index contributed by atoms with van der Waals surface area (Å²) in [5, 5.41) is 6.57. The second kappa shape index (κ2) is 8.22. The second-order valence-corrected chi connectivity index (χ2v) is 9.39. The van der Waals surface area contributed by atoms with Crippen LogP contribution in [-0.4, -0.2) is 18.4 Å². The minimum absolute atomic E-state index is 0.102. The van der Waals surface area contributed by atoms with E-state index < -0.39 is 6.04 Å². The van der Waals surface area contributed by atoms with Crippen LogP contribution in [0.15, 0.2) is 59.8 Å². The zero-order valence-corrected chi connectivity index (χ0v) is 18.8. The van der Waals surface area contributed by atoms with E-state index in [0.29, 0.717) is 18.5 Å². The van der Waals surface area contributed by atoms with Crippen molar-refractivity contribution in [3.63, 3.8) is 0 Å². The maximum absolute atomic E-state index is 13.5. The van der Waals surface area contributed by atoms with Crippen LogP contribution in [0.25, 0.3) is 0 Å². The van der Waals surface area contributed by atoms with Crippen LogP contribution >= 0.6 is 0 Å². The molecule has 0 bridgehead atoms. The molecule has 2 N–H and O–H groups in total. The standard InChI is InChI=1S/C26H31N3O2/c1-5-14-27-25(31)29-21-9-7-6-8-19(21)28-20-15-26(3,4)16-22(30)23(20)24(29)18-12-10-17(2)11-13-18/h6-13,24,28H,5,14-16H2,1-4H3,(H,27,31). The quantitative estimate of drug-likeness (QED) is 0.670. The molecule has 1 atom stereocenters. The van der Waals surface area contributed by atoms with Crippen molar-refractivity contribution in [3.05, 3.63) is 70.9 Å². The number of aryl methyl sites for hydroxylation is 1. The second-order valence-electron chi connectivity index (χ2n) is 9.39. The number of ketones is 1. The molecule has 0 saturated heterocycles. The number of hydrogen-bond acceptors (Lipinski definition) is 3. The van der Waals surface area contributed by atoms with Gasteiger partial charge in [-0.2, -0.15) is 0 Å². The molecule has 1 aliphatic heterocycles. The summed E-state index contributed by atoms with van der Waals surface area (Å²) in [4.78, 5) is 28.8. The van der Waals surface area contributed by atoms with Gasteiger partial charge in [0.1, 0.15) is 0 Å². The molecule has 1 aliphatic carbocycles. The number of hydrogen-bond donors (Lipinski definition) is 2. The lowest BCUT2D eigenvalue weighted by atomic mass is 9.73. The zero-order chi connectivity index (χ0) is 22.2.